The van der Waals surface area contributed by atoms with E-state index in [9.17, 15) is 17.6 Å². The summed E-state index contributed by atoms with van der Waals surface area (Å²) < 4.78 is 46.1. The monoisotopic (exact) mass is 465 g/mol. The van der Waals surface area contributed by atoms with Gasteiger partial charge >= 0.3 is 0 Å². The first-order chi connectivity index (χ1) is 15.3. The number of hydrogen-bond donors (Lipinski definition) is 2. The van der Waals surface area contributed by atoms with Crippen molar-refractivity contribution in [3.63, 3.8) is 0 Å². The third-order valence-electron chi connectivity index (χ3n) is 4.81. The fraction of sp³-hybridized carbons (Fsp3) is 0.435. The molecule has 2 rings (SSSR count). The zero-order valence-corrected chi connectivity index (χ0v) is 19.7. The Hall–Kier alpha value is -2.65. The molecular weight excluding hydrogens is 433 g/mol. The maximum absolute atomic E-state index is 13.1. The fourth-order valence-electron chi connectivity index (χ4n) is 3.34. The molecule has 0 aliphatic heterocycles. The van der Waals surface area contributed by atoms with Crippen LogP contribution in [0.1, 0.15) is 39.5 Å². The quantitative estimate of drug-likeness (QED) is 0.456. The maximum Gasteiger partial charge on any atom is 0.262 e. The van der Waals surface area contributed by atoms with Crippen molar-refractivity contribution in [2.45, 2.75) is 44.4 Å². The second-order valence-electron chi connectivity index (χ2n) is 7.47. The minimum absolute atomic E-state index is 0.0842. The number of anilines is 2. The van der Waals surface area contributed by atoms with Gasteiger partial charge in [0.2, 0.25) is 5.91 Å². The first kappa shape index (κ1) is 25.6. The molecule has 0 bridgehead atoms. The van der Waals surface area contributed by atoms with E-state index in [4.69, 9.17) is 4.74 Å². The van der Waals surface area contributed by atoms with E-state index in [1.54, 1.807) is 12.1 Å². The van der Waals surface area contributed by atoms with Crippen LogP contribution in [-0.2, 0) is 14.8 Å². The summed E-state index contributed by atoms with van der Waals surface area (Å²) in [5.41, 5.74) is 0.623. The Balaban J connectivity index is 2.04. The molecule has 9 heteroatoms. The van der Waals surface area contributed by atoms with Crippen LogP contribution < -0.4 is 14.8 Å². The molecule has 1 amide bonds. The van der Waals surface area contributed by atoms with Gasteiger partial charge in [0.15, 0.2) is 0 Å². The van der Waals surface area contributed by atoms with Gasteiger partial charge in [0.1, 0.15) is 11.6 Å². The van der Waals surface area contributed by atoms with Crippen LogP contribution in [0.3, 0.4) is 0 Å². The van der Waals surface area contributed by atoms with Crippen LogP contribution in [0.5, 0.6) is 5.75 Å². The predicted molar refractivity (Wildman–Crippen MR) is 125 cm³/mol. The summed E-state index contributed by atoms with van der Waals surface area (Å²) in [6.07, 6.45) is 3.27. The molecule has 176 valence electrons. The number of carbonyl (C=O) groups is 1. The molecule has 32 heavy (non-hydrogen) atoms. The summed E-state index contributed by atoms with van der Waals surface area (Å²) in [6, 6.07) is 9.22. The number of hydrogen-bond acceptors (Lipinski definition) is 5. The summed E-state index contributed by atoms with van der Waals surface area (Å²) in [7, 11) is -2.54. The lowest BCUT2D eigenvalue weighted by atomic mass is 10.2. The number of ether oxygens (including phenoxy) is 1. The summed E-state index contributed by atoms with van der Waals surface area (Å²) in [5, 5.41) is 2.81. The lowest BCUT2D eigenvalue weighted by Crippen LogP contribution is -2.27. The lowest BCUT2D eigenvalue weighted by Gasteiger charge is -2.20. The molecule has 0 spiro atoms. The number of halogens is 1. The van der Waals surface area contributed by atoms with Crippen molar-refractivity contribution in [3.8, 4) is 5.75 Å². The van der Waals surface area contributed by atoms with Gasteiger partial charge in [0, 0.05) is 12.1 Å². The topological polar surface area (TPSA) is 87.7 Å². The van der Waals surface area contributed by atoms with Gasteiger partial charge < -0.3 is 15.0 Å². The molecule has 2 aromatic carbocycles. The molecule has 0 atom stereocenters. The van der Waals surface area contributed by atoms with Gasteiger partial charge in [-0.05, 0) is 81.4 Å². The molecule has 2 N–H and O–H groups in total. The molecule has 0 aromatic heterocycles. The number of nitrogens with one attached hydrogen (secondary N) is 2. The van der Waals surface area contributed by atoms with E-state index in [0.717, 1.165) is 51.0 Å². The second kappa shape index (κ2) is 12.4. The molecule has 0 aliphatic carbocycles. The van der Waals surface area contributed by atoms with Crippen LogP contribution in [0.25, 0.3) is 0 Å². The highest BCUT2D eigenvalue weighted by Crippen LogP contribution is 2.30. The smallest absolute Gasteiger partial charge is 0.262 e. The first-order valence-corrected chi connectivity index (χ1v) is 12.3. The Morgan fingerprint density at radius 2 is 1.69 bits per heavy atom. The Kier molecular flexibility index (Phi) is 9.93. The highest BCUT2D eigenvalue weighted by atomic mass is 32.2. The van der Waals surface area contributed by atoms with Gasteiger partial charge in [-0.1, -0.05) is 13.8 Å². The highest BCUT2D eigenvalue weighted by molar-refractivity contribution is 7.92. The molecule has 0 radical (unpaired) electrons. The minimum atomic E-state index is -3.96. The minimum Gasteiger partial charge on any atom is -0.495 e. The van der Waals surface area contributed by atoms with Gasteiger partial charge in [0.25, 0.3) is 10.0 Å². The molecule has 0 saturated heterocycles. The van der Waals surface area contributed by atoms with E-state index >= 15 is 0 Å². The van der Waals surface area contributed by atoms with Crippen molar-refractivity contribution in [1.29, 1.82) is 0 Å². The van der Waals surface area contributed by atoms with Crippen LogP contribution >= 0.6 is 0 Å². The van der Waals surface area contributed by atoms with E-state index in [1.165, 1.54) is 25.3 Å². The molecule has 0 unspecified atom stereocenters. The Labute approximate surface area is 190 Å². The van der Waals surface area contributed by atoms with E-state index in [-0.39, 0.29) is 16.5 Å². The van der Waals surface area contributed by atoms with Crippen LogP contribution in [0.4, 0.5) is 15.8 Å². The van der Waals surface area contributed by atoms with E-state index in [2.05, 4.69) is 28.8 Å². The second-order valence-corrected chi connectivity index (χ2v) is 9.15. The highest BCUT2D eigenvalue weighted by Gasteiger charge is 2.17. The number of methoxy groups -OCH3 is 1. The molecule has 0 saturated carbocycles. The Bertz CT molecular complexity index is 975. The number of nitrogens with zero attached hydrogens (tertiary/aromatic N) is 1. The number of sulfonamides is 1. The Morgan fingerprint density at radius 1 is 1.03 bits per heavy atom. The van der Waals surface area contributed by atoms with Gasteiger partial charge in [0.05, 0.1) is 17.7 Å². The number of rotatable bonds is 13. The predicted octanol–water partition coefficient (Wildman–Crippen LogP) is 4.48. The number of benzene rings is 2. The zero-order chi connectivity index (χ0) is 23.6. The first-order valence-electron chi connectivity index (χ1n) is 10.8. The largest absolute Gasteiger partial charge is 0.495 e. The van der Waals surface area contributed by atoms with Gasteiger partial charge in [-0.25, -0.2) is 12.8 Å². The van der Waals surface area contributed by atoms with Crippen LogP contribution in [0, 0.1) is 5.82 Å². The summed E-state index contributed by atoms with van der Waals surface area (Å²) in [6.45, 7) is 7.18. The molecule has 7 nitrogen and oxygen atoms in total. The SMILES string of the molecule is CCCN(CCC)CCCC(=O)Nc1ccc(OC)c(NS(=O)(=O)c2ccc(F)cc2)c1. The van der Waals surface area contributed by atoms with Gasteiger partial charge in [-0.3, -0.25) is 9.52 Å². The van der Waals surface area contributed by atoms with Crippen molar-refractivity contribution < 1.29 is 22.3 Å². The molecule has 0 heterocycles. The van der Waals surface area contributed by atoms with Crippen molar-refractivity contribution in [3.05, 3.63) is 48.3 Å². The van der Waals surface area contributed by atoms with E-state index in [1.807, 2.05) is 0 Å². The van der Waals surface area contributed by atoms with E-state index < -0.39 is 15.8 Å². The van der Waals surface area contributed by atoms with E-state index in [0.29, 0.717) is 17.9 Å². The van der Waals surface area contributed by atoms with Gasteiger partial charge in [-0.15, -0.1) is 0 Å². The standard InChI is InChI=1S/C23H32FN3O4S/c1-4-14-27(15-5-2)16-6-7-23(28)25-19-10-13-22(31-3)21(17-19)26-32(29,30)20-11-8-18(24)9-12-20/h8-13,17,26H,4-7,14-16H2,1-3H3,(H,25,28). The summed E-state index contributed by atoms with van der Waals surface area (Å²) in [5.74, 6) is -0.377. The normalized spacial score (nSPS) is 11.4. The van der Waals surface area contributed by atoms with Crippen molar-refractivity contribution in [1.82, 2.24) is 4.90 Å². The Morgan fingerprint density at radius 3 is 2.28 bits per heavy atom. The maximum atomic E-state index is 13.1. The third-order valence-corrected chi connectivity index (χ3v) is 6.19. The summed E-state index contributed by atoms with van der Waals surface area (Å²) >= 11 is 0. The van der Waals surface area contributed by atoms with Crippen molar-refractivity contribution in [2.24, 2.45) is 0 Å². The average Bonchev–Trinajstić information content (AvgIpc) is 2.74. The van der Waals surface area contributed by atoms with Crippen LogP contribution in [0.15, 0.2) is 47.4 Å². The lowest BCUT2D eigenvalue weighted by molar-refractivity contribution is -0.116. The molecule has 0 fully saturated rings. The molecule has 2 aromatic rings. The van der Waals surface area contributed by atoms with Crippen molar-refractivity contribution in [2.75, 3.05) is 36.8 Å². The van der Waals surface area contributed by atoms with Gasteiger partial charge in [-0.2, -0.15) is 0 Å². The molecular formula is C23H32FN3O4S. The summed E-state index contributed by atoms with van der Waals surface area (Å²) in [4.78, 5) is 14.6. The number of carbonyl (C=O) groups excluding carboxylic acids is 1. The average molecular weight is 466 g/mol. The number of amides is 1. The fourth-order valence-corrected chi connectivity index (χ4v) is 4.40. The zero-order valence-electron chi connectivity index (χ0n) is 18.9. The van der Waals surface area contributed by atoms with Crippen LogP contribution in [-0.4, -0.2) is 46.0 Å². The van der Waals surface area contributed by atoms with Crippen LogP contribution in [0.2, 0.25) is 0 Å². The van der Waals surface area contributed by atoms with Crippen molar-refractivity contribution >= 4 is 27.3 Å². The third kappa shape index (κ3) is 7.80. The molecule has 0 aliphatic rings.